The minimum atomic E-state index is 1.09. The molecule has 13 heavy (non-hydrogen) atoms. The summed E-state index contributed by atoms with van der Waals surface area (Å²) in [7, 11) is 0. The Bertz CT molecular complexity index is 262. The van der Waals surface area contributed by atoms with E-state index < -0.39 is 0 Å². The molecule has 0 heterocycles. The molecular weight excluding hydrogens is 156 g/mol. The molecule has 0 nitrogen and oxygen atoms in total. The van der Waals surface area contributed by atoms with Crippen molar-refractivity contribution in [3.63, 3.8) is 0 Å². The first-order chi connectivity index (χ1) is 6.43. The van der Waals surface area contributed by atoms with Gasteiger partial charge in [-0.2, -0.15) is 0 Å². The number of hydrogen-bond acceptors (Lipinski definition) is 0. The summed E-state index contributed by atoms with van der Waals surface area (Å²) in [6.07, 6.45) is 10.8. The Morgan fingerprint density at radius 1 is 0.846 bits per heavy atom. The largest absolute Gasteiger partial charge is 0.0673 e. The molecule has 0 N–H and O–H groups in total. The molecule has 5 rings (SSSR count). The van der Waals surface area contributed by atoms with Gasteiger partial charge in [-0.05, 0) is 62.2 Å². The minimum absolute atomic E-state index is 1.09. The summed E-state index contributed by atoms with van der Waals surface area (Å²) in [5.74, 6) is 4.45. The standard InChI is InChI=1S/C13H18/c1-2-9-10(3-1)13-7-8-4-5-11(13)12(9)6-8/h8,11-13H,1-7H2. The lowest BCUT2D eigenvalue weighted by Gasteiger charge is -2.44. The van der Waals surface area contributed by atoms with E-state index in [1.165, 1.54) is 19.3 Å². The third kappa shape index (κ3) is 0.742. The van der Waals surface area contributed by atoms with Crippen molar-refractivity contribution in [3.05, 3.63) is 11.1 Å². The maximum atomic E-state index is 1.97. The van der Waals surface area contributed by atoms with E-state index in [4.69, 9.17) is 0 Å². The summed E-state index contributed by atoms with van der Waals surface area (Å²) >= 11 is 0. The van der Waals surface area contributed by atoms with E-state index >= 15 is 0 Å². The average molecular weight is 174 g/mol. The molecule has 3 saturated carbocycles. The quantitative estimate of drug-likeness (QED) is 0.493. The molecular formula is C13H18. The molecule has 70 valence electrons. The van der Waals surface area contributed by atoms with Gasteiger partial charge in [0.2, 0.25) is 0 Å². The fourth-order valence-corrected chi connectivity index (χ4v) is 4.95. The number of rotatable bonds is 0. The van der Waals surface area contributed by atoms with Crippen molar-refractivity contribution >= 4 is 0 Å². The minimum Gasteiger partial charge on any atom is -0.0673 e. The highest BCUT2D eigenvalue weighted by molar-refractivity contribution is 5.34. The molecule has 2 atom stereocenters. The van der Waals surface area contributed by atoms with E-state index in [2.05, 4.69) is 0 Å². The van der Waals surface area contributed by atoms with Crippen molar-refractivity contribution in [2.45, 2.75) is 44.9 Å². The zero-order valence-corrected chi connectivity index (χ0v) is 8.26. The van der Waals surface area contributed by atoms with Crippen LogP contribution in [-0.4, -0.2) is 0 Å². The first-order valence-corrected chi connectivity index (χ1v) is 6.15. The van der Waals surface area contributed by atoms with Crippen molar-refractivity contribution in [3.8, 4) is 0 Å². The van der Waals surface area contributed by atoms with Gasteiger partial charge in [-0.3, -0.25) is 0 Å². The van der Waals surface area contributed by atoms with Crippen LogP contribution in [0, 0.1) is 23.7 Å². The second kappa shape index (κ2) is 2.21. The molecule has 3 fully saturated rings. The molecule has 0 radical (unpaired) electrons. The first kappa shape index (κ1) is 7.09. The molecule has 5 aliphatic carbocycles. The van der Waals surface area contributed by atoms with E-state index in [0.717, 1.165) is 23.7 Å². The van der Waals surface area contributed by atoms with Crippen LogP contribution in [-0.2, 0) is 0 Å². The van der Waals surface area contributed by atoms with Gasteiger partial charge >= 0.3 is 0 Å². The molecule has 0 aromatic heterocycles. The third-order valence-corrected chi connectivity index (χ3v) is 5.32. The number of fused-ring (bicyclic) bond motifs is 1. The lowest BCUT2D eigenvalue weighted by atomic mass is 9.61. The average Bonchev–Trinajstić information content (AvgIpc) is 2.72. The van der Waals surface area contributed by atoms with Crippen molar-refractivity contribution in [1.82, 2.24) is 0 Å². The Hall–Kier alpha value is -0.260. The molecule has 2 unspecified atom stereocenters. The van der Waals surface area contributed by atoms with E-state index in [1.54, 1.807) is 25.7 Å². The Balaban J connectivity index is 1.81. The summed E-state index contributed by atoms with van der Waals surface area (Å²) in [5.41, 5.74) is 3.94. The molecule has 0 amide bonds. The fourth-order valence-electron chi connectivity index (χ4n) is 4.95. The van der Waals surface area contributed by atoms with E-state index in [-0.39, 0.29) is 0 Å². The molecule has 0 spiro atoms. The van der Waals surface area contributed by atoms with Crippen LogP contribution in [0.3, 0.4) is 0 Å². The van der Waals surface area contributed by atoms with Gasteiger partial charge in [-0.1, -0.05) is 17.6 Å². The highest BCUT2D eigenvalue weighted by Crippen LogP contribution is 2.62. The van der Waals surface area contributed by atoms with Crippen LogP contribution in [0.4, 0.5) is 0 Å². The predicted octanol–water partition coefficient (Wildman–Crippen LogP) is 3.53. The van der Waals surface area contributed by atoms with Gasteiger partial charge in [-0.15, -0.1) is 0 Å². The molecule has 4 bridgehead atoms. The number of allylic oxidation sites excluding steroid dienone is 2. The second-order valence-corrected chi connectivity index (χ2v) is 5.70. The number of hydrogen-bond donors (Lipinski definition) is 0. The zero-order chi connectivity index (χ0) is 8.41. The Labute approximate surface area is 80.4 Å². The monoisotopic (exact) mass is 174 g/mol. The summed E-state index contributed by atoms with van der Waals surface area (Å²) < 4.78 is 0. The van der Waals surface area contributed by atoms with Gasteiger partial charge in [-0.25, -0.2) is 0 Å². The molecule has 0 saturated heterocycles. The van der Waals surface area contributed by atoms with Crippen LogP contribution in [0.2, 0.25) is 0 Å². The molecule has 0 heteroatoms. The summed E-state index contributed by atoms with van der Waals surface area (Å²) in [5, 5.41) is 0. The molecule has 0 aliphatic heterocycles. The maximum absolute atomic E-state index is 1.97. The predicted molar refractivity (Wildman–Crippen MR) is 53.3 cm³/mol. The van der Waals surface area contributed by atoms with Gasteiger partial charge in [0.1, 0.15) is 0 Å². The van der Waals surface area contributed by atoms with Crippen molar-refractivity contribution in [2.75, 3.05) is 0 Å². The van der Waals surface area contributed by atoms with E-state index in [9.17, 15) is 0 Å². The SMILES string of the molecule is C1CC2=C(C1)C1CC3CCC1C2C3. The third-order valence-electron chi connectivity index (χ3n) is 5.32. The van der Waals surface area contributed by atoms with Crippen LogP contribution in [0.15, 0.2) is 11.1 Å². The Kier molecular flexibility index (Phi) is 1.21. The topological polar surface area (TPSA) is 0 Å². The molecule has 5 aliphatic rings. The Morgan fingerprint density at radius 3 is 2.15 bits per heavy atom. The first-order valence-electron chi connectivity index (χ1n) is 6.15. The van der Waals surface area contributed by atoms with E-state index in [0.29, 0.717) is 0 Å². The lowest BCUT2D eigenvalue weighted by Crippen LogP contribution is -2.34. The van der Waals surface area contributed by atoms with E-state index in [1.807, 2.05) is 11.1 Å². The van der Waals surface area contributed by atoms with Crippen molar-refractivity contribution in [2.24, 2.45) is 23.7 Å². The molecule has 0 aromatic carbocycles. The van der Waals surface area contributed by atoms with Gasteiger partial charge in [0, 0.05) is 0 Å². The highest BCUT2D eigenvalue weighted by Gasteiger charge is 2.50. The van der Waals surface area contributed by atoms with Crippen LogP contribution in [0.1, 0.15) is 44.9 Å². The highest BCUT2D eigenvalue weighted by atomic mass is 14.6. The van der Waals surface area contributed by atoms with Crippen LogP contribution in [0.25, 0.3) is 0 Å². The summed E-state index contributed by atoms with van der Waals surface area (Å²) in [4.78, 5) is 0. The van der Waals surface area contributed by atoms with Gasteiger partial charge in [0.05, 0.1) is 0 Å². The van der Waals surface area contributed by atoms with Crippen LogP contribution >= 0.6 is 0 Å². The van der Waals surface area contributed by atoms with Crippen molar-refractivity contribution < 1.29 is 0 Å². The second-order valence-electron chi connectivity index (χ2n) is 5.70. The van der Waals surface area contributed by atoms with Gasteiger partial charge in [0.15, 0.2) is 0 Å². The zero-order valence-electron chi connectivity index (χ0n) is 8.26. The van der Waals surface area contributed by atoms with Crippen LogP contribution in [0.5, 0.6) is 0 Å². The Morgan fingerprint density at radius 2 is 1.54 bits per heavy atom. The maximum Gasteiger partial charge on any atom is -0.0164 e. The van der Waals surface area contributed by atoms with Crippen LogP contribution < -0.4 is 0 Å². The summed E-state index contributed by atoms with van der Waals surface area (Å²) in [6.45, 7) is 0. The lowest BCUT2D eigenvalue weighted by molar-refractivity contribution is 0.0905. The van der Waals surface area contributed by atoms with Gasteiger partial charge < -0.3 is 0 Å². The van der Waals surface area contributed by atoms with Gasteiger partial charge in [0.25, 0.3) is 0 Å². The normalized spacial score (nSPS) is 51.7. The van der Waals surface area contributed by atoms with Crippen molar-refractivity contribution in [1.29, 1.82) is 0 Å². The molecule has 0 aromatic rings. The fraction of sp³-hybridized carbons (Fsp3) is 0.846. The summed E-state index contributed by atoms with van der Waals surface area (Å²) in [6, 6.07) is 0. The smallest absolute Gasteiger partial charge is 0.0164 e.